The van der Waals surface area contributed by atoms with Crippen molar-refractivity contribution in [3.05, 3.63) is 23.8 Å². The second-order valence-corrected chi connectivity index (χ2v) is 5.12. The van der Waals surface area contributed by atoms with Crippen molar-refractivity contribution in [2.75, 3.05) is 11.4 Å². The number of carbonyl (C=O) groups is 2. The molecule has 0 atom stereocenters. The van der Waals surface area contributed by atoms with E-state index in [0.717, 1.165) is 0 Å². The fourth-order valence-electron chi connectivity index (χ4n) is 1.31. The number of halogens is 1. The Morgan fingerprint density at radius 1 is 1.35 bits per heavy atom. The third kappa shape index (κ3) is 4.97. The van der Waals surface area contributed by atoms with Gasteiger partial charge in [-0.25, -0.2) is 9.59 Å². The molecule has 6 nitrogen and oxygen atoms in total. The highest BCUT2D eigenvalue weighted by molar-refractivity contribution is 6.17. The van der Waals surface area contributed by atoms with E-state index in [4.69, 9.17) is 16.3 Å². The molecule has 0 aromatic heterocycles. The summed E-state index contributed by atoms with van der Waals surface area (Å²) in [6.45, 7) is 5.16. The molecule has 0 aliphatic rings. The van der Waals surface area contributed by atoms with Crippen LogP contribution in [0.25, 0.3) is 0 Å². The van der Waals surface area contributed by atoms with Crippen molar-refractivity contribution < 1.29 is 24.2 Å². The number of carbonyl (C=O) groups excluding carboxylic acids is 2. The van der Waals surface area contributed by atoms with Crippen LogP contribution in [0.3, 0.4) is 0 Å². The van der Waals surface area contributed by atoms with Crippen molar-refractivity contribution in [2.24, 2.45) is 0 Å². The van der Waals surface area contributed by atoms with Gasteiger partial charge in [-0.15, -0.1) is 0 Å². The molecule has 0 saturated carbocycles. The van der Waals surface area contributed by atoms with E-state index in [2.05, 4.69) is 10.1 Å². The molecule has 1 aromatic rings. The highest BCUT2D eigenvalue weighted by Crippen LogP contribution is 2.25. The topological polar surface area (TPSA) is 84.9 Å². The fraction of sp³-hybridized carbons (Fsp3) is 0.385. The van der Waals surface area contributed by atoms with E-state index >= 15 is 0 Å². The molecule has 1 rings (SSSR count). The fourth-order valence-corrected chi connectivity index (χ4v) is 1.41. The van der Waals surface area contributed by atoms with E-state index in [1.165, 1.54) is 18.2 Å². The molecule has 0 aliphatic carbocycles. The molecule has 0 spiro atoms. The average molecular weight is 302 g/mol. The summed E-state index contributed by atoms with van der Waals surface area (Å²) in [6, 6.07) is 3.64. The van der Waals surface area contributed by atoms with Crippen LogP contribution in [0.5, 0.6) is 5.75 Å². The molecule has 20 heavy (non-hydrogen) atoms. The number of aromatic hydroxyl groups is 1. The van der Waals surface area contributed by atoms with Crippen LogP contribution < -0.4 is 5.32 Å². The van der Waals surface area contributed by atoms with E-state index in [0.29, 0.717) is 0 Å². The summed E-state index contributed by atoms with van der Waals surface area (Å²) >= 11 is 5.27. The Balaban J connectivity index is 2.79. The first-order chi connectivity index (χ1) is 9.23. The molecule has 2 N–H and O–H groups in total. The lowest BCUT2D eigenvalue weighted by Gasteiger charge is -2.20. The van der Waals surface area contributed by atoms with E-state index in [-0.39, 0.29) is 23.1 Å². The maximum absolute atomic E-state index is 11.5. The quantitative estimate of drug-likeness (QED) is 0.509. The van der Waals surface area contributed by atoms with Gasteiger partial charge in [0.2, 0.25) is 0 Å². The van der Waals surface area contributed by atoms with Gasteiger partial charge in [-0.05, 0) is 39.0 Å². The number of amides is 1. The molecule has 0 unspecified atom stereocenters. The number of hydrogen-bond acceptors (Lipinski definition) is 5. The smallest absolute Gasteiger partial charge is 0.412 e. The number of phenols is 1. The van der Waals surface area contributed by atoms with Crippen molar-refractivity contribution in [3.63, 3.8) is 0 Å². The Hall–Kier alpha value is -1.95. The number of phenolic OH excluding ortho intramolecular Hbond substituents is 1. The van der Waals surface area contributed by atoms with E-state index in [1.807, 2.05) is 0 Å². The molecule has 0 aliphatic heterocycles. The SMILES string of the molecule is CC(C)(C)OC(=O)Nc1ccc(C(=O)OCCl)cc1O. The standard InChI is InChI=1S/C13H16ClNO5/c1-13(2,3)20-12(18)15-9-5-4-8(6-10(9)16)11(17)19-7-14/h4-6,16H,7H2,1-3H3,(H,15,18). The number of nitrogens with one attached hydrogen (secondary N) is 1. The van der Waals surface area contributed by atoms with Crippen LogP contribution in [-0.4, -0.2) is 28.8 Å². The molecule has 0 radical (unpaired) electrons. The Labute approximate surface area is 121 Å². The summed E-state index contributed by atoms with van der Waals surface area (Å²) in [5, 5.41) is 12.1. The number of benzene rings is 1. The first kappa shape index (κ1) is 16.1. The van der Waals surface area contributed by atoms with Gasteiger partial charge in [0.05, 0.1) is 11.3 Å². The van der Waals surface area contributed by atoms with Gasteiger partial charge in [-0.1, -0.05) is 11.6 Å². The van der Waals surface area contributed by atoms with Gasteiger partial charge in [-0.2, -0.15) is 0 Å². The predicted molar refractivity (Wildman–Crippen MR) is 74.1 cm³/mol. The van der Waals surface area contributed by atoms with Crippen molar-refractivity contribution in [2.45, 2.75) is 26.4 Å². The van der Waals surface area contributed by atoms with Crippen LogP contribution in [0, 0.1) is 0 Å². The van der Waals surface area contributed by atoms with Gasteiger partial charge in [-0.3, -0.25) is 5.32 Å². The number of ether oxygens (including phenoxy) is 2. The van der Waals surface area contributed by atoms with Gasteiger partial charge in [0, 0.05) is 0 Å². The third-order valence-corrected chi connectivity index (χ3v) is 2.16. The molecular formula is C13H16ClNO5. The summed E-state index contributed by atoms with van der Waals surface area (Å²) < 4.78 is 9.62. The molecule has 0 saturated heterocycles. The minimum Gasteiger partial charge on any atom is -0.506 e. The first-order valence-corrected chi connectivity index (χ1v) is 6.32. The Kier molecular flexibility index (Phi) is 5.21. The van der Waals surface area contributed by atoms with Crippen molar-refractivity contribution >= 4 is 29.4 Å². The summed E-state index contributed by atoms with van der Waals surface area (Å²) in [6.07, 6.45) is -0.705. The summed E-state index contributed by atoms with van der Waals surface area (Å²) in [5.74, 6) is -0.945. The highest BCUT2D eigenvalue weighted by Gasteiger charge is 2.18. The Morgan fingerprint density at radius 2 is 2.00 bits per heavy atom. The van der Waals surface area contributed by atoms with E-state index in [1.54, 1.807) is 20.8 Å². The zero-order valence-electron chi connectivity index (χ0n) is 11.4. The normalized spacial score (nSPS) is 10.8. The lowest BCUT2D eigenvalue weighted by Crippen LogP contribution is -2.27. The second kappa shape index (κ2) is 6.47. The maximum atomic E-state index is 11.5. The van der Waals surface area contributed by atoms with Gasteiger partial charge < -0.3 is 14.6 Å². The highest BCUT2D eigenvalue weighted by atomic mass is 35.5. The number of esters is 1. The molecular weight excluding hydrogens is 286 g/mol. The van der Waals surface area contributed by atoms with Gasteiger partial charge in [0.1, 0.15) is 11.4 Å². The first-order valence-electron chi connectivity index (χ1n) is 5.79. The lowest BCUT2D eigenvalue weighted by molar-refractivity contribution is 0.0572. The van der Waals surface area contributed by atoms with Crippen LogP contribution in [0.4, 0.5) is 10.5 Å². The second-order valence-electron chi connectivity index (χ2n) is 4.90. The van der Waals surface area contributed by atoms with Crippen LogP contribution in [-0.2, 0) is 9.47 Å². The molecule has 0 bridgehead atoms. The summed E-state index contributed by atoms with van der Waals surface area (Å²) in [7, 11) is 0. The maximum Gasteiger partial charge on any atom is 0.412 e. The third-order valence-electron chi connectivity index (χ3n) is 2.05. The zero-order chi connectivity index (χ0) is 15.3. The van der Waals surface area contributed by atoms with E-state index in [9.17, 15) is 14.7 Å². The molecule has 0 fully saturated rings. The lowest BCUT2D eigenvalue weighted by atomic mass is 10.2. The number of hydrogen-bond donors (Lipinski definition) is 2. The predicted octanol–water partition coefficient (Wildman–Crippen LogP) is 3.09. The van der Waals surface area contributed by atoms with Gasteiger partial charge in [0.25, 0.3) is 0 Å². The minimum atomic E-state index is -0.705. The summed E-state index contributed by atoms with van der Waals surface area (Å²) in [5.41, 5.74) is -0.399. The van der Waals surface area contributed by atoms with Gasteiger partial charge in [0.15, 0.2) is 6.07 Å². The monoisotopic (exact) mass is 301 g/mol. The molecule has 1 amide bonds. The van der Waals surface area contributed by atoms with Crippen LogP contribution in [0.15, 0.2) is 18.2 Å². The molecule has 1 aromatic carbocycles. The average Bonchev–Trinajstić information content (AvgIpc) is 2.29. The molecule has 7 heteroatoms. The van der Waals surface area contributed by atoms with Crippen LogP contribution in [0.1, 0.15) is 31.1 Å². The van der Waals surface area contributed by atoms with E-state index < -0.39 is 17.7 Å². The van der Waals surface area contributed by atoms with Crippen LogP contribution >= 0.6 is 11.6 Å². The number of anilines is 1. The van der Waals surface area contributed by atoms with Crippen molar-refractivity contribution in [3.8, 4) is 5.75 Å². The number of rotatable bonds is 3. The molecule has 110 valence electrons. The van der Waals surface area contributed by atoms with Gasteiger partial charge >= 0.3 is 12.1 Å². The summed E-state index contributed by atoms with van der Waals surface area (Å²) in [4.78, 5) is 22.9. The Morgan fingerprint density at radius 3 is 2.50 bits per heavy atom. The largest absolute Gasteiger partial charge is 0.506 e. The minimum absolute atomic E-state index is 0.123. The number of alkyl halides is 1. The Bertz CT molecular complexity index is 510. The van der Waals surface area contributed by atoms with Crippen molar-refractivity contribution in [1.29, 1.82) is 0 Å². The van der Waals surface area contributed by atoms with Crippen molar-refractivity contribution in [1.82, 2.24) is 0 Å². The zero-order valence-corrected chi connectivity index (χ0v) is 12.2. The molecule has 0 heterocycles. The van der Waals surface area contributed by atoms with Crippen LogP contribution in [0.2, 0.25) is 0 Å².